The van der Waals surface area contributed by atoms with Gasteiger partial charge in [0.1, 0.15) is 0 Å². The highest BCUT2D eigenvalue weighted by molar-refractivity contribution is 7.80. The number of tetrazole rings is 1. The van der Waals surface area contributed by atoms with Crippen molar-refractivity contribution in [2.24, 2.45) is 0 Å². The van der Waals surface area contributed by atoms with Crippen molar-refractivity contribution in [3.8, 4) is 0 Å². The van der Waals surface area contributed by atoms with Crippen molar-refractivity contribution in [1.82, 2.24) is 30.3 Å². The number of hydrogen-bond donors (Lipinski definition) is 1. The van der Waals surface area contributed by atoms with Gasteiger partial charge >= 0.3 is 0 Å². The lowest BCUT2D eigenvalue weighted by molar-refractivity contribution is 0.304. The molecule has 2 heterocycles. The molecule has 148 valence electrons. The van der Waals surface area contributed by atoms with E-state index in [1.807, 2.05) is 4.52 Å². The van der Waals surface area contributed by atoms with E-state index in [2.05, 4.69) is 63.9 Å². The highest BCUT2D eigenvalue weighted by Crippen LogP contribution is 2.27. The van der Waals surface area contributed by atoms with Crippen LogP contribution in [-0.4, -0.2) is 42.6 Å². The first-order valence-electron chi connectivity index (χ1n) is 10.3. The molecule has 0 atom stereocenters. The molecular weight excluding hydrogens is 368 g/mol. The van der Waals surface area contributed by atoms with Gasteiger partial charge in [-0.25, -0.2) is 0 Å². The number of aromatic nitrogens is 4. The van der Waals surface area contributed by atoms with Gasteiger partial charge in [-0.05, 0) is 67.0 Å². The quantitative estimate of drug-likeness (QED) is 0.502. The van der Waals surface area contributed by atoms with E-state index in [-0.39, 0.29) is 0 Å². The Balaban J connectivity index is 1.69. The van der Waals surface area contributed by atoms with Crippen molar-refractivity contribution < 1.29 is 0 Å². The summed E-state index contributed by atoms with van der Waals surface area (Å²) in [5, 5.41) is 18.0. The minimum Gasteiger partial charge on any atom is -0.363 e. The zero-order valence-electron chi connectivity index (χ0n) is 16.7. The number of nitrogens with zero attached hydrogens (tertiary/aromatic N) is 5. The standard InChI is InChI=1S/C21H28N6S/c1-3-4-11-22-21(28)26(18-7-5-6-8-18)14-17-13-16-12-15(2)9-10-19(16)27-20(17)23-24-25-27/h9-10,12-13,18H,3-8,11,14H2,1-2H3,(H,22,28). The molecule has 1 aromatic carbocycles. The van der Waals surface area contributed by atoms with Gasteiger partial charge in [0.2, 0.25) is 0 Å². The van der Waals surface area contributed by atoms with Gasteiger partial charge in [-0.3, -0.25) is 0 Å². The number of nitrogens with one attached hydrogen (secondary N) is 1. The predicted molar refractivity (Wildman–Crippen MR) is 116 cm³/mol. The van der Waals surface area contributed by atoms with Gasteiger partial charge in [-0.2, -0.15) is 4.52 Å². The maximum absolute atomic E-state index is 5.80. The molecule has 2 aromatic heterocycles. The monoisotopic (exact) mass is 396 g/mol. The molecule has 1 aliphatic rings. The zero-order chi connectivity index (χ0) is 19.5. The molecule has 0 bridgehead atoms. The van der Waals surface area contributed by atoms with Gasteiger partial charge in [-0.1, -0.05) is 37.8 Å². The van der Waals surface area contributed by atoms with E-state index in [0.717, 1.165) is 53.2 Å². The van der Waals surface area contributed by atoms with E-state index in [1.54, 1.807) is 0 Å². The van der Waals surface area contributed by atoms with Crippen molar-refractivity contribution in [3.05, 3.63) is 35.4 Å². The molecule has 0 aliphatic heterocycles. The van der Waals surface area contributed by atoms with Crippen LogP contribution in [0.2, 0.25) is 0 Å². The smallest absolute Gasteiger partial charge is 0.184 e. The van der Waals surface area contributed by atoms with Crippen molar-refractivity contribution in [1.29, 1.82) is 0 Å². The Bertz CT molecular complexity index is 976. The average molecular weight is 397 g/mol. The number of thiocarbonyl (C=S) groups is 1. The van der Waals surface area contributed by atoms with E-state index < -0.39 is 0 Å². The number of unbranched alkanes of at least 4 members (excludes halogenated alkanes) is 1. The van der Waals surface area contributed by atoms with Crippen molar-refractivity contribution in [3.63, 3.8) is 0 Å². The van der Waals surface area contributed by atoms with E-state index >= 15 is 0 Å². The van der Waals surface area contributed by atoms with Gasteiger partial charge in [-0.15, -0.1) is 5.10 Å². The first-order chi connectivity index (χ1) is 13.7. The lowest BCUT2D eigenvalue weighted by atomic mass is 10.1. The molecule has 1 N–H and O–H groups in total. The number of fused-ring (bicyclic) bond motifs is 3. The van der Waals surface area contributed by atoms with E-state index in [9.17, 15) is 0 Å². The Morgan fingerprint density at radius 3 is 2.89 bits per heavy atom. The van der Waals surface area contributed by atoms with Crippen molar-refractivity contribution in [2.75, 3.05) is 6.54 Å². The lowest BCUT2D eigenvalue weighted by Crippen LogP contribution is -2.44. The zero-order valence-corrected chi connectivity index (χ0v) is 17.5. The van der Waals surface area contributed by atoms with Crippen LogP contribution < -0.4 is 5.32 Å². The maximum atomic E-state index is 5.80. The van der Waals surface area contributed by atoms with Crippen LogP contribution in [0.25, 0.3) is 16.6 Å². The highest BCUT2D eigenvalue weighted by Gasteiger charge is 2.26. The number of aryl methyl sites for hydroxylation is 1. The number of benzene rings is 1. The Morgan fingerprint density at radius 1 is 1.29 bits per heavy atom. The number of hydrogen-bond acceptors (Lipinski definition) is 4. The Labute approximate surface area is 171 Å². The maximum Gasteiger partial charge on any atom is 0.184 e. The first kappa shape index (κ1) is 19.1. The van der Waals surface area contributed by atoms with Crippen LogP contribution >= 0.6 is 12.2 Å². The molecule has 6 nitrogen and oxygen atoms in total. The number of rotatable bonds is 6. The topological polar surface area (TPSA) is 58.4 Å². The van der Waals surface area contributed by atoms with E-state index in [0.29, 0.717) is 6.04 Å². The summed E-state index contributed by atoms with van der Waals surface area (Å²) in [6.07, 6.45) is 7.24. The van der Waals surface area contributed by atoms with Crippen LogP contribution in [0.1, 0.15) is 56.6 Å². The van der Waals surface area contributed by atoms with Gasteiger partial charge in [0, 0.05) is 30.1 Å². The average Bonchev–Trinajstić information content (AvgIpc) is 3.38. The van der Waals surface area contributed by atoms with Crippen LogP contribution in [0, 0.1) is 6.92 Å². The summed E-state index contributed by atoms with van der Waals surface area (Å²) in [6.45, 7) is 5.97. The fourth-order valence-electron chi connectivity index (χ4n) is 4.14. The molecule has 0 unspecified atom stereocenters. The second-order valence-electron chi connectivity index (χ2n) is 7.80. The van der Waals surface area contributed by atoms with Gasteiger partial charge in [0.05, 0.1) is 5.52 Å². The SMILES string of the molecule is CCCCNC(=S)N(Cc1cc2cc(C)ccc2n2nnnc12)C1CCCC1. The summed E-state index contributed by atoms with van der Waals surface area (Å²) in [5.74, 6) is 0. The van der Waals surface area contributed by atoms with Crippen LogP contribution in [0.5, 0.6) is 0 Å². The normalized spacial score (nSPS) is 14.8. The third-order valence-electron chi connectivity index (χ3n) is 5.67. The lowest BCUT2D eigenvalue weighted by Gasteiger charge is -2.32. The molecule has 0 spiro atoms. The molecule has 0 amide bonds. The molecule has 0 saturated heterocycles. The molecule has 1 fully saturated rings. The molecule has 3 aromatic rings. The predicted octanol–water partition coefficient (Wildman–Crippen LogP) is 4.01. The second kappa shape index (κ2) is 8.39. The third-order valence-corrected chi connectivity index (χ3v) is 6.05. The van der Waals surface area contributed by atoms with Gasteiger partial charge in [0.25, 0.3) is 0 Å². The van der Waals surface area contributed by atoms with Gasteiger partial charge < -0.3 is 10.2 Å². The van der Waals surface area contributed by atoms with Crippen molar-refractivity contribution in [2.45, 2.75) is 65.0 Å². The summed E-state index contributed by atoms with van der Waals surface area (Å²) < 4.78 is 1.85. The van der Waals surface area contributed by atoms with E-state index in [4.69, 9.17) is 12.2 Å². The second-order valence-corrected chi connectivity index (χ2v) is 8.18. The fourth-order valence-corrected chi connectivity index (χ4v) is 4.46. The number of pyridine rings is 1. The molecule has 0 radical (unpaired) electrons. The largest absolute Gasteiger partial charge is 0.363 e. The Hall–Kier alpha value is -2.28. The summed E-state index contributed by atoms with van der Waals surface area (Å²) in [7, 11) is 0. The summed E-state index contributed by atoms with van der Waals surface area (Å²) in [4.78, 5) is 2.36. The van der Waals surface area contributed by atoms with Crippen LogP contribution in [0.3, 0.4) is 0 Å². The Kier molecular flexibility index (Phi) is 5.71. The summed E-state index contributed by atoms with van der Waals surface area (Å²) >= 11 is 5.80. The molecule has 4 rings (SSSR count). The molecule has 7 heteroatoms. The molecule has 1 saturated carbocycles. The summed E-state index contributed by atoms with van der Waals surface area (Å²) in [5.41, 5.74) is 4.20. The fraction of sp³-hybridized carbons (Fsp3) is 0.524. The molecule has 1 aliphatic carbocycles. The van der Waals surface area contributed by atoms with Crippen LogP contribution in [0.4, 0.5) is 0 Å². The molecule has 28 heavy (non-hydrogen) atoms. The highest BCUT2D eigenvalue weighted by atomic mass is 32.1. The van der Waals surface area contributed by atoms with E-state index in [1.165, 1.54) is 31.2 Å². The minimum absolute atomic E-state index is 0.491. The van der Waals surface area contributed by atoms with Crippen LogP contribution in [0.15, 0.2) is 24.3 Å². The molecular formula is C21H28N6S. The first-order valence-corrected chi connectivity index (χ1v) is 10.7. The minimum atomic E-state index is 0.491. The third kappa shape index (κ3) is 3.81. The van der Waals surface area contributed by atoms with Gasteiger partial charge in [0.15, 0.2) is 10.8 Å². The van der Waals surface area contributed by atoms with Crippen LogP contribution in [-0.2, 0) is 6.54 Å². The summed E-state index contributed by atoms with van der Waals surface area (Å²) in [6, 6.07) is 9.10. The Morgan fingerprint density at radius 2 is 2.11 bits per heavy atom. The van der Waals surface area contributed by atoms with Crippen molar-refractivity contribution >= 4 is 33.9 Å².